The SMILES string of the molecule is Cl.NC(N)=N/N=C(/c1ccccc1)c1ncccn1. The number of nitrogens with two attached hydrogens (primary N) is 2. The van der Waals surface area contributed by atoms with Crippen LogP contribution in [0.2, 0.25) is 0 Å². The summed E-state index contributed by atoms with van der Waals surface area (Å²) in [6.07, 6.45) is 3.27. The molecule has 0 atom stereocenters. The molecule has 0 fully saturated rings. The maximum absolute atomic E-state index is 5.28. The van der Waals surface area contributed by atoms with Crippen LogP contribution in [-0.4, -0.2) is 21.6 Å². The molecule has 6 nitrogen and oxygen atoms in total. The van der Waals surface area contributed by atoms with Crippen LogP contribution in [0.15, 0.2) is 59.0 Å². The van der Waals surface area contributed by atoms with Gasteiger partial charge in [-0.25, -0.2) is 9.97 Å². The number of aromatic nitrogens is 2. The standard InChI is InChI=1S/C12H12N6.ClH/c13-12(14)18-17-10(9-5-2-1-3-6-9)11-15-7-4-8-16-11;/h1-8H,(H4,13,14,18);1H/b17-10-;. The molecule has 4 N–H and O–H groups in total. The summed E-state index contributed by atoms with van der Waals surface area (Å²) in [5, 5.41) is 7.65. The van der Waals surface area contributed by atoms with Gasteiger partial charge in [-0.05, 0) is 6.07 Å². The first-order valence-electron chi connectivity index (χ1n) is 5.27. The lowest BCUT2D eigenvalue weighted by Gasteiger charge is -2.02. The van der Waals surface area contributed by atoms with Crippen molar-refractivity contribution < 1.29 is 0 Å². The Balaban J connectivity index is 0.00000180. The van der Waals surface area contributed by atoms with E-state index in [1.807, 2.05) is 30.3 Å². The van der Waals surface area contributed by atoms with E-state index >= 15 is 0 Å². The molecule has 1 aromatic heterocycles. The van der Waals surface area contributed by atoms with Crippen molar-refractivity contribution in [3.05, 3.63) is 60.2 Å². The number of rotatable bonds is 3. The number of hydrogen-bond acceptors (Lipinski definition) is 4. The molecule has 0 bridgehead atoms. The molecule has 0 aliphatic carbocycles. The van der Waals surface area contributed by atoms with Gasteiger partial charge in [0.25, 0.3) is 0 Å². The molecule has 19 heavy (non-hydrogen) atoms. The van der Waals surface area contributed by atoms with Crippen LogP contribution >= 0.6 is 12.4 Å². The van der Waals surface area contributed by atoms with Gasteiger partial charge in [-0.15, -0.1) is 22.6 Å². The Morgan fingerprint density at radius 1 is 0.895 bits per heavy atom. The van der Waals surface area contributed by atoms with Crippen molar-refractivity contribution in [1.82, 2.24) is 9.97 Å². The summed E-state index contributed by atoms with van der Waals surface area (Å²) in [5.41, 5.74) is 11.9. The van der Waals surface area contributed by atoms with Gasteiger partial charge in [0.2, 0.25) is 5.96 Å². The van der Waals surface area contributed by atoms with Gasteiger partial charge in [-0.1, -0.05) is 30.3 Å². The van der Waals surface area contributed by atoms with E-state index in [0.717, 1.165) is 5.56 Å². The maximum Gasteiger partial charge on any atom is 0.211 e. The Bertz CT molecular complexity index is 522. The number of hydrogen-bond donors (Lipinski definition) is 2. The third kappa shape index (κ3) is 4.04. The van der Waals surface area contributed by atoms with Crippen LogP contribution in [0.3, 0.4) is 0 Å². The monoisotopic (exact) mass is 276 g/mol. The molecule has 0 radical (unpaired) electrons. The lowest BCUT2D eigenvalue weighted by atomic mass is 10.1. The highest BCUT2D eigenvalue weighted by molar-refractivity contribution is 6.10. The van der Waals surface area contributed by atoms with Crippen molar-refractivity contribution in [2.45, 2.75) is 0 Å². The molecule has 0 saturated carbocycles. The van der Waals surface area contributed by atoms with Crippen molar-refractivity contribution in [3.8, 4) is 0 Å². The molecule has 0 saturated heterocycles. The highest BCUT2D eigenvalue weighted by atomic mass is 35.5. The van der Waals surface area contributed by atoms with Gasteiger partial charge in [0.15, 0.2) is 5.82 Å². The molecule has 0 aliphatic heterocycles. The fraction of sp³-hybridized carbons (Fsp3) is 0. The lowest BCUT2D eigenvalue weighted by molar-refractivity contribution is 1.11. The molecule has 0 aliphatic rings. The van der Waals surface area contributed by atoms with E-state index in [0.29, 0.717) is 11.5 Å². The van der Waals surface area contributed by atoms with E-state index in [-0.39, 0.29) is 18.4 Å². The molecular formula is C12H13ClN6. The zero-order chi connectivity index (χ0) is 12.8. The van der Waals surface area contributed by atoms with Gasteiger partial charge in [0, 0.05) is 18.0 Å². The summed E-state index contributed by atoms with van der Waals surface area (Å²) < 4.78 is 0. The fourth-order valence-corrected chi connectivity index (χ4v) is 1.36. The number of guanidine groups is 1. The second-order valence-electron chi connectivity index (χ2n) is 3.41. The first-order chi connectivity index (χ1) is 8.77. The molecule has 7 heteroatoms. The van der Waals surface area contributed by atoms with Crippen molar-refractivity contribution >= 4 is 24.1 Å². The smallest absolute Gasteiger partial charge is 0.211 e. The van der Waals surface area contributed by atoms with Crippen LogP contribution in [0.5, 0.6) is 0 Å². The molecule has 1 aromatic carbocycles. The summed E-state index contributed by atoms with van der Waals surface area (Å²) >= 11 is 0. The Morgan fingerprint density at radius 3 is 2.11 bits per heavy atom. The summed E-state index contributed by atoms with van der Waals surface area (Å²) in [6, 6.07) is 11.2. The predicted molar refractivity (Wildman–Crippen MR) is 77.2 cm³/mol. The van der Waals surface area contributed by atoms with Gasteiger partial charge in [-0.3, -0.25) is 0 Å². The highest BCUT2D eigenvalue weighted by Crippen LogP contribution is 2.06. The van der Waals surface area contributed by atoms with Crippen LogP contribution in [0.1, 0.15) is 11.4 Å². The average molecular weight is 277 g/mol. The third-order valence-electron chi connectivity index (χ3n) is 2.09. The fourth-order valence-electron chi connectivity index (χ4n) is 1.36. The largest absolute Gasteiger partial charge is 0.369 e. The van der Waals surface area contributed by atoms with Gasteiger partial charge < -0.3 is 11.5 Å². The van der Waals surface area contributed by atoms with Gasteiger partial charge in [0.05, 0.1) is 0 Å². The van der Waals surface area contributed by atoms with Gasteiger partial charge in [0.1, 0.15) is 5.71 Å². The van der Waals surface area contributed by atoms with Crippen LogP contribution < -0.4 is 11.5 Å². The van der Waals surface area contributed by atoms with Crippen molar-refractivity contribution in [1.29, 1.82) is 0 Å². The number of halogens is 1. The molecule has 2 rings (SSSR count). The normalized spacial score (nSPS) is 10.4. The quantitative estimate of drug-likeness (QED) is 0.494. The molecule has 2 aromatic rings. The first kappa shape index (κ1) is 14.6. The van der Waals surface area contributed by atoms with E-state index in [1.54, 1.807) is 18.5 Å². The van der Waals surface area contributed by atoms with E-state index in [2.05, 4.69) is 20.2 Å². The summed E-state index contributed by atoms with van der Waals surface area (Å²) in [4.78, 5) is 8.28. The van der Waals surface area contributed by atoms with E-state index in [4.69, 9.17) is 11.5 Å². The van der Waals surface area contributed by atoms with E-state index < -0.39 is 0 Å². The maximum atomic E-state index is 5.28. The predicted octanol–water partition coefficient (Wildman–Crippen LogP) is 0.924. The second-order valence-corrected chi connectivity index (χ2v) is 3.41. The van der Waals surface area contributed by atoms with Crippen LogP contribution in [0.25, 0.3) is 0 Å². The Labute approximate surface area is 116 Å². The molecule has 0 spiro atoms. The second kappa shape index (κ2) is 7.07. The summed E-state index contributed by atoms with van der Waals surface area (Å²) in [5.74, 6) is 0.355. The lowest BCUT2D eigenvalue weighted by Crippen LogP contribution is -2.22. The zero-order valence-electron chi connectivity index (χ0n) is 9.97. The van der Waals surface area contributed by atoms with Crippen molar-refractivity contribution in [2.24, 2.45) is 21.7 Å². The number of nitrogens with zero attached hydrogens (tertiary/aromatic N) is 4. The Hall–Kier alpha value is -2.47. The zero-order valence-corrected chi connectivity index (χ0v) is 10.8. The minimum Gasteiger partial charge on any atom is -0.369 e. The molecule has 98 valence electrons. The third-order valence-corrected chi connectivity index (χ3v) is 2.09. The Kier molecular flexibility index (Phi) is 5.43. The first-order valence-corrected chi connectivity index (χ1v) is 5.27. The van der Waals surface area contributed by atoms with Gasteiger partial charge in [-0.2, -0.15) is 0 Å². The molecular weight excluding hydrogens is 264 g/mol. The van der Waals surface area contributed by atoms with Crippen molar-refractivity contribution in [3.63, 3.8) is 0 Å². The molecule has 0 amide bonds. The topological polar surface area (TPSA) is 103 Å². The highest BCUT2D eigenvalue weighted by Gasteiger charge is 2.09. The number of benzene rings is 1. The minimum atomic E-state index is -0.112. The van der Waals surface area contributed by atoms with Crippen LogP contribution in [0, 0.1) is 0 Å². The Morgan fingerprint density at radius 2 is 1.53 bits per heavy atom. The summed E-state index contributed by atoms with van der Waals surface area (Å²) in [6.45, 7) is 0. The molecule has 1 heterocycles. The van der Waals surface area contributed by atoms with E-state index in [1.165, 1.54) is 0 Å². The van der Waals surface area contributed by atoms with Gasteiger partial charge >= 0.3 is 0 Å². The average Bonchev–Trinajstić information content (AvgIpc) is 2.41. The molecule has 0 unspecified atom stereocenters. The van der Waals surface area contributed by atoms with Crippen LogP contribution in [0.4, 0.5) is 0 Å². The summed E-state index contributed by atoms with van der Waals surface area (Å²) in [7, 11) is 0. The van der Waals surface area contributed by atoms with Crippen molar-refractivity contribution in [2.75, 3.05) is 0 Å². The van der Waals surface area contributed by atoms with Crippen LogP contribution in [-0.2, 0) is 0 Å². The van der Waals surface area contributed by atoms with E-state index in [9.17, 15) is 0 Å². The minimum absolute atomic E-state index is 0.